The fourth-order valence-corrected chi connectivity index (χ4v) is 4.61. The minimum atomic E-state index is -0.0138. The van der Waals surface area contributed by atoms with Crippen molar-refractivity contribution in [1.29, 1.82) is 0 Å². The quantitative estimate of drug-likeness (QED) is 0.681. The van der Waals surface area contributed by atoms with E-state index in [4.69, 9.17) is 4.74 Å². The van der Waals surface area contributed by atoms with Gasteiger partial charge in [0.2, 0.25) is 0 Å². The van der Waals surface area contributed by atoms with Gasteiger partial charge in [0.15, 0.2) is 0 Å². The normalized spacial score (nSPS) is 17.1. The number of ether oxygens (including phenoxy) is 1. The van der Waals surface area contributed by atoms with Crippen molar-refractivity contribution < 1.29 is 9.53 Å². The highest BCUT2D eigenvalue weighted by Crippen LogP contribution is 2.29. The average Bonchev–Trinajstić information content (AvgIpc) is 3.17. The van der Waals surface area contributed by atoms with Crippen LogP contribution < -0.4 is 5.32 Å². The Morgan fingerprint density at radius 2 is 1.77 bits per heavy atom. The molecule has 1 saturated heterocycles. The first-order valence-electron chi connectivity index (χ1n) is 11.1. The lowest BCUT2D eigenvalue weighted by Crippen LogP contribution is -2.35. The number of carbonyl (C=O) groups excluding carboxylic acids is 1. The monoisotopic (exact) mass is 403 g/mol. The maximum atomic E-state index is 12.7. The van der Waals surface area contributed by atoms with Crippen LogP contribution in [0, 0.1) is 0 Å². The zero-order valence-corrected chi connectivity index (χ0v) is 17.4. The van der Waals surface area contributed by atoms with Gasteiger partial charge in [0.1, 0.15) is 0 Å². The molecule has 0 saturated carbocycles. The van der Waals surface area contributed by atoms with Crippen LogP contribution in [0.25, 0.3) is 10.9 Å². The smallest absolute Gasteiger partial charge is 0.251 e. The van der Waals surface area contributed by atoms with E-state index in [0.29, 0.717) is 6.54 Å². The van der Waals surface area contributed by atoms with Crippen molar-refractivity contribution in [3.8, 4) is 0 Å². The third-order valence-corrected chi connectivity index (χ3v) is 6.35. The predicted molar refractivity (Wildman–Crippen MR) is 119 cm³/mol. The minimum Gasteiger partial charge on any atom is -0.379 e. The van der Waals surface area contributed by atoms with Crippen molar-refractivity contribution in [2.45, 2.75) is 38.8 Å². The Morgan fingerprint density at radius 1 is 1.00 bits per heavy atom. The number of hydrogen-bond donors (Lipinski definition) is 2. The first kappa shape index (κ1) is 19.3. The molecule has 1 amide bonds. The Bertz CT molecular complexity index is 1030. The van der Waals surface area contributed by atoms with Crippen molar-refractivity contribution >= 4 is 16.8 Å². The van der Waals surface area contributed by atoms with Crippen LogP contribution in [0.5, 0.6) is 0 Å². The number of rotatable bonds is 5. The summed E-state index contributed by atoms with van der Waals surface area (Å²) in [4.78, 5) is 18.7. The van der Waals surface area contributed by atoms with Crippen molar-refractivity contribution in [2.75, 3.05) is 26.3 Å². The summed E-state index contributed by atoms with van der Waals surface area (Å²) in [5.74, 6) is -0.0138. The van der Waals surface area contributed by atoms with Crippen molar-refractivity contribution in [1.82, 2.24) is 15.2 Å². The fourth-order valence-electron chi connectivity index (χ4n) is 4.61. The molecule has 1 fully saturated rings. The highest BCUT2D eigenvalue weighted by atomic mass is 16.5. The molecule has 30 heavy (non-hydrogen) atoms. The van der Waals surface area contributed by atoms with Crippen molar-refractivity contribution in [3.63, 3.8) is 0 Å². The van der Waals surface area contributed by atoms with E-state index in [9.17, 15) is 4.79 Å². The number of carbonyl (C=O) groups is 1. The molecule has 156 valence electrons. The summed E-state index contributed by atoms with van der Waals surface area (Å²) in [5.41, 5.74) is 7.06. The van der Waals surface area contributed by atoms with Crippen LogP contribution in [0.15, 0.2) is 42.5 Å². The Kier molecular flexibility index (Phi) is 5.56. The van der Waals surface area contributed by atoms with E-state index in [1.54, 1.807) is 0 Å². The topological polar surface area (TPSA) is 57.4 Å². The van der Waals surface area contributed by atoms with Gasteiger partial charge in [-0.05, 0) is 60.6 Å². The van der Waals surface area contributed by atoms with Gasteiger partial charge in [-0.15, -0.1) is 0 Å². The van der Waals surface area contributed by atoms with E-state index < -0.39 is 0 Å². The van der Waals surface area contributed by atoms with E-state index >= 15 is 0 Å². The van der Waals surface area contributed by atoms with Crippen LogP contribution in [0.2, 0.25) is 0 Å². The number of hydrogen-bond acceptors (Lipinski definition) is 3. The molecule has 0 unspecified atom stereocenters. The SMILES string of the molecule is O=C(NCc1ccc(CN2CCOCC2)cc1)c1ccc2[nH]c3c(c2c1)CCCC3. The second-order valence-corrected chi connectivity index (χ2v) is 8.44. The minimum absolute atomic E-state index is 0.0138. The van der Waals surface area contributed by atoms with E-state index in [2.05, 4.69) is 45.5 Å². The zero-order chi connectivity index (χ0) is 20.3. The predicted octanol–water partition coefficient (Wildman–Crippen LogP) is 3.81. The maximum absolute atomic E-state index is 12.7. The molecular weight excluding hydrogens is 374 g/mol. The number of nitrogens with zero attached hydrogens (tertiary/aromatic N) is 1. The second kappa shape index (κ2) is 8.62. The molecule has 0 atom stereocenters. The molecule has 3 aromatic rings. The van der Waals surface area contributed by atoms with Crippen LogP contribution in [0.1, 0.15) is 45.6 Å². The number of H-pyrrole nitrogens is 1. The van der Waals surface area contributed by atoms with E-state index in [1.165, 1.54) is 35.0 Å². The van der Waals surface area contributed by atoms with Crippen LogP contribution in [-0.4, -0.2) is 42.1 Å². The molecule has 5 rings (SSSR count). The molecule has 2 aromatic carbocycles. The van der Waals surface area contributed by atoms with Crippen LogP contribution in [0.3, 0.4) is 0 Å². The number of aryl methyl sites for hydroxylation is 2. The number of amides is 1. The molecule has 5 nitrogen and oxygen atoms in total. The highest BCUT2D eigenvalue weighted by molar-refractivity contribution is 5.99. The van der Waals surface area contributed by atoms with Gasteiger partial charge >= 0.3 is 0 Å². The zero-order valence-electron chi connectivity index (χ0n) is 17.4. The summed E-state index contributed by atoms with van der Waals surface area (Å²) in [6.07, 6.45) is 4.71. The average molecular weight is 404 g/mol. The standard InChI is InChI=1S/C25H29N3O2/c29-25(20-9-10-24-22(15-20)21-3-1-2-4-23(21)27-24)26-16-18-5-7-19(8-6-18)17-28-11-13-30-14-12-28/h5-10,15,27H,1-4,11-14,16-17H2,(H,26,29). The van der Waals surface area contributed by atoms with Gasteiger partial charge in [-0.3, -0.25) is 9.69 Å². The van der Waals surface area contributed by atoms with Gasteiger partial charge in [-0.2, -0.15) is 0 Å². The summed E-state index contributed by atoms with van der Waals surface area (Å²) in [6.45, 7) is 5.12. The molecule has 1 aliphatic heterocycles. The molecular formula is C25H29N3O2. The van der Waals surface area contributed by atoms with Crippen molar-refractivity contribution in [2.24, 2.45) is 0 Å². The number of morpholine rings is 1. The van der Waals surface area contributed by atoms with E-state index in [0.717, 1.165) is 62.3 Å². The third-order valence-electron chi connectivity index (χ3n) is 6.35. The Hall–Kier alpha value is -2.63. The van der Waals surface area contributed by atoms with E-state index in [1.807, 2.05) is 12.1 Å². The first-order chi connectivity index (χ1) is 14.8. The summed E-state index contributed by atoms with van der Waals surface area (Å²) >= 11 is 0. The van der Waals surface area contributed by atoms with Gasteiger partial charge in [-0.1, -0.05) is 24.3 Å². The van der Waals surface area contributed by atoms with E-state index in [-0.39, 0.29) is 5.91 Å². The molecule has 2 aliphatic rings. The van der Waals surface area contributed by atoms with Gasteiger partial charge < -0.3 is 15.0 Å². The van der Waals surface area contributed by atoms with Gasteiger partial charge in [0.25, 0.3) is 5.91 Å². The molecule has 2 N–H and O–H groups in total. The Balaban J connectivity index is 1.21. The van der Waals surface area contributed by atoms with Gasteiger partial charge in [0.05, 0.1) is 13.2 Å². The molecule has 0 bridgehead atoms. The number of aromatic amines is 1. The fraction of sp³-hybridized carbons (Fsp3) is 0.400. The number of nitrogens with one attached hydrogen (secondary N) is 2. The summed E-state index contributed by atoms with van der Waals surface area (Å²) < 4.78 is 5.41. The molecule has 1 aliphatic carbocycles. The molecule has 0 radical (unpaired) electrons. The number of aromatic nitrogens is 1. The lowest BCUT2D eigenvalue weighted by atomic mass is 9.95. The largest absolute Gasteiger partial charge is 0.379 e. The highest BCUT2D eigenvalue weighted by Gasteiger charge is 2.17. The maximum Gasteiger partial charge on any atom is 0.251 e. The summed E-state index contributed by atoms with van der Waals surface area (Å²) in [5, 5.41) is 4.29. The number of fused-ring (bicyclic) bond motifs is 3. The third kappa shape index (κ3) is 4.13. The molecule has 2 heterocycles. The van der Waals surface area contributed by atoms with Gasteiger partial charge in [-0.25, -0.2) is 0 Å². The first-order valence-corrected chi connectivity index (χ1v) is 11.1. The van der Waals surface area contributed by atoms with Crippen molar-refractivity contribution in [3.05, 3.63) is 70.4 Å². The number of benzene rings is 2. The van der Waals surface area contributed by atoms with Crippen LogP contribution >= 0.6 is 0 Å². The molecule has 5 heteroatoms. The van der Waals surface area contributed by atoms with Crippen LogP contribution in [-0.2, 0) is 30.7 Å². The summed E-state index contributed by atoms with van der Waals surface area (Å²) in [7, 11) is 0. The Labute approximate surface area is 177 Å². The second-order valence-electron chi connectivity index (χ2n) is 8.44. The lowest BCUT2D eigenvalue weighted by Gasteiger charge is -2.26. The molecule has 0 spiro atoms. The lowest BCUT2D eigenvalue weighted by molar-refractivity contribution is 0.0342. The summed E-state index contributed by atoms with van der Waals surface area (Å²) in [6, 6.07) is 14.6. The molecule has 1 aromatic heterocycles. The van der Waals surface area contributed by atoms with Crippen LogP contribution in [0.4, 0.5) is 0 Å². The Morgan fingerprint density at radius 3 is 2.60 bits per heavy atom. The van der Waals surface area contributed by atoms with Gasteiger partial charge in [0, 0.05) is 48.3 Å².